The van der Waals surface area contributed by atoms with E-state index >= 15 is 0 Å². The Morgan fingerprint density at radius 2 is 2.20 bits per heavy atom. The van der Waals surface area contributed by atoms with Gasteiger partial charge in [-0.25, -0.2) is 0 Å². The van der Waals surface area contributed by atoms with E-state index in [4.69, 9.17) is 0 Å². The van der Waals surface area contributed by atoms with Crippen molar-refractivity contribution < 1.29 is 4.79 Å². The molecular weight excluding hydrogens is 232 g/mol. The first-order chi connectivity index (χ1) is 6.72. The maximum absolute atomic E-state index is 11.3. The summed E-state index contributed by atoms with van der Waals surface area (Å²) in [5.41, 5.74) is 0. The van der Waals surface area contributed by atoms with Crippen LogP contribution >= 0.6 is 24.2 Å². The fourth-order valence-electron chi connectivity index (χ4n) is 1.33. The molecule has 15 heavy (non-hydrogen) atoms. The van der Waals surface area contributed by atoms with Gasteiger partial charge in [0.15, 0.2) is 0 Å². The van der Waals surface area contributed by atoms with Crippen LogP contribution in [0.25, 0.3) is 0 Å². The number of rotatable bonds is 7. The normalized spacial score (nSPS) is 16.7. The molecule has 1 aliphatic carbocycles. The van der Waals surface area contributed by atoms with Gasteiger partial charge in [-0.15, -0.1) is 12.4 Å². The van der Waals surface area contributed by atoms with Crippen molar-refractivity contribution in [1.82, 2.24) is 10.6 Å². The zero-order valence-corrected chi connectivity index (χ0v) is 11.0. The topological polar surface area (TPSA) is 41.1 Å². The molecule has 0 saturated heterocycles. The molecule has 0 aliphatic heterocycles. The Balaban J connectivity index is 0.00000196. The maximum atomic E-state index is 11.3. The van der Waals surface area contributed by atoms with E-state index in [2.05, 4.69) is 10.6 Å². The van der Waals surface area contributed by atoms with Gasteiger partial charge in [0.25, 0.3) is 0 Å². The van der Waals surface area contributed by atoms with E-state index in [0.29, 0.717) is 6.54 Å². The van der Waals surface area contributed by atoms with Crippen LogP contribution < -0.4 is 10.6 Å². The van der Waals surface area contributed by atoms with E-state index in [1.807, 2.05) is 13.2 Å². The quantitative estimate of drug-likeness (QED) is 0.717. The van der Waals surface area contributed by atoms with E-state index in [9.17, 15) is 4.79 Å². The molecule has 0 aromatic heterocycles. The zero-order valence-electron chi connectivity index (χ0n) is 9.41. The smallest absolute Gasteiger partial charge is 0.234 e. The average Bonchev–Trinajstić information content (AvgIpc) is 2.88. The van der Waals surface area contributed by atoms with Crippen molar-refractivity contribution in [2.24, 2.45) is 5.92 Å². The minimum Gasteiger partial charge on any atom is -0.352 e. The van der Waals surface area contributed by atoms with Gasteiger partial charge in [-0.2, -0.15) is 11.8 Å². The van der Waals surface area contributed by atoms with E-state index in [1.165, 1.54) is 12.8 Å². The van der Waals surface area contributed by atoms with Gasteiger partial charge in [-0.1, -0.05) is 0 Å². The van der Waals surface area contributed by atoms with Gasteiger partial charge in [-0.05, 0) is 38.5 Å². The second-order valence-electron chi connectivity index (χ2n) is 4.00. The molecule has 2 N–H and O–H groups in total. The molecule has 0 aromatic carbocycles. The van der Waals surface area contributed by atoms with Crippen LogP contribution in [0.5, 0.6) is 0 Å². The van der Waals surface area contributed by atoms with Crippen molar-refractivity contribution in [1.29, 1.82) is 0 Å². The molecule has 1 atom stereocenters. The van der Waals surface area contributed by atoms with Crippen molar-refractivity contribution in [2.75, 3.05) is 25.1 Å². The summed E-state index contributed by atoms with van der Waals surface area (Å²) in [6.07, 6.45) is 4.71. The number of carbonyl (C=O) groups is 1. The van der Waals surface area contributed by atoms with Gasteiger partial charge in [0.1, 0.15) is 0 Å². The first-order valence-corrected chi connectivity index (χ1v) is 6.60. The first kappa shape index (κ1) is 15.1. The number of carbonyl (C=O) groups excluding carboxylic acids is 1. The molecule has 1 amide bonds. The van der Waals surface area contributed by atoms with Crippen LogP contribution in [0.15, 0.2) is 0 Å². The van der Waals surface area contributed by atoms with E-state index in [1.54, 1.807) is 11.8 Å². The van der Waals surface area contributed by atoms with E-state index < -0.39 is 0 Å². The molecule has 0 aromatic rings. The molecule has 5 heteroatoms. The van der Waals surface area contributed by atoms with Gasteiger partial charge in [0.2, 0.25) is 5.91 Å². The van der Waals surface area contributed by atoms with E-state index in [0.717, 1.165) is 18.2 Å². The molecule has 1 aliphatic rings. The standard InChI is InChI=1S/C10H20N2OS.ClH/c1-8(7-14-2)12-10(13)6-11-5-9-3-4-9;/h8-9,11H,3-7H2,1-2H3,(H,12,13);1H. The van der Waals surface area contributed by atoms with Crippen LogP contribution in [0.3, 0.4) is 0 Å². The molecule has 1 rings (SSSR count). The summed E-state index contributed by atoms with van der Waals surface area (Å²) in [6.45, 7) is 3.51. The lowest BCUT2D eigenvalue weighted by molar-refractivity contribution is -0.120. The maximum Gasteiger partial charge on any atom is 0.234 e. The Kier molecular flexibility index (Phi) is 8.29. The third kappa shape index (κ3) is 7.94. The Morgan fingerprint density at radius 3 is 2.73 bits per heavy atom. The van der Waals surface area contributed by atoms with Crippen LogP contribution in [-0.4, -0.2) is 37.0 Å². The molecule has 0 bridgehead atoms. The highest BCUT2D eigenvalue weighted by atomic mass is 35.5. The van der Waals surface area contributed by atoms with Crippen molar-refractivity contribution >= 4 is 30.1 Å². The molecule has 90 valence electrons. The number of thioether (sulfide) groups is 1. The highest BCUT2D eigenvalue weighted by Crippen LogP contribution is 2.27. The lowest BCUT2D eigenvalue weighted by atomic mass is 10.3. The van der Waals surface area contributed by atoms with Crippen molar-refractivity contribution in [3.8, 4) is 0 Å². The zero-order chi connectivity index (χ0) is 10.4. The summed E-state index contributed by atoms with van der Waals surface area (Å²) >= 11 is 1.76. The molecule has 3 nitrogen and oxygen atoms in total. The van der Waals surface area contributed by atoms with Gasteiger partial charge in [-0.3, -0.25) is 4.79 Å². The first-order valence-electron chi connectivity index (χ1n) is 5.21. The summed E-state index contributed by atoms with van der Waals surface area (Å²) in [5, 5.41) is 6.13. The summed E-state index contributed by atoms with van der Waals surface area (Å²) in [7, 11) is 0. The van der Waals surface area contributed by atoms with Crippen LogP contribution in [0.2, 0.25) is 0 Å². The van der Waals surface area contributed by atoms with Gasteiger partial charge in [0, 0.05) is 11.8 Å². The summed E-state index contributed by atoms with van der Waals surface area (Å²) in [5.74, 6) is 1.94. The average molecular weight is 253 g/mol. The summed E-state index contributed by atoms with van der Waals surface area (Å²) in [4.78, 5) is 11.3. The Morgan fingerprint density at radius 1 is 1.53 bits per heavy atom. The third-order valence-corrected chi connectivity index (χ3v) is 3.07. The monoisotopic (exact) mass is 252 g/mol. The highest BCUT2D eigenvalue weighted by Gasteiger charge is 2.20. The van der Waals surface area contributed by atoms with Crippen molar-refractivity contribution in [3.63, 3.8) is 0 Å². The molecule has 1 fully saturated rings. The van der Waals surface area contributed by atoms with Crippen LogP contribution in [0.1, 0.15) is 19.8 Å². The number of amides is 1. The van der Waals surface area contributed by atoms with Gasteiger partial charge >= 0.3 is 0 Å². The lowest BCUT2D eigenvalue weighted by Crippen LogP contribution is -2.40. The minimum atomic E-state index is 0. The highest BCUT2D eigenvalue weighted by molar-refractivity contribution is 7.98. The number of hydrogen-bond donors (Lipinski definition) is 2. The Labute approximate surface area is 103 Å². The number of hydrogen-bond acceptors (Lipinski definition) is 3. The van der Waals surface area contributed by atoms with Crippen LogP contribution in [0, 0.1) is 5.92 Å². The Bertz CT molecular complexity index is 188. The van der Waals surface area contributed by atoms with Crippen LogP contribution in [0.4, 0.5) is 0 Å². The number of halogens is 1. The Hall–Kier alpha value is 0.0700. The third-order valence-electron chi connectivity index (χ3n) is 2.24. The predicted octanol–water partition coefficient (Wildman–Crippen LogP) is 1.28. The molecule has 1 unspecified atom stereocenters. The number of nitrogens with one attached hydrogen (secondary N) is 2. The molecule has 0 radical (unpaired) electrons. The SMILES string of the molecule is CSCC(C)NC(=O)CNCC1CC1.Cl. The van der Waals surface area contributed by atoms with Crippen molar-refractivity contribution in [2.45, 2.75) is 25.8 Å². The fourth-order valence-corrected chi connectivity index (χ4v) is 1.91. The molecular formula is C10H21ClN2OS. The predicted molar refractivity (Wildman–Crippen MR) is 68.8 cm³/mol. The van der Waals surface area contributed by atoms with Crippen molar-refractivity contribution in [3.05, 3.63) is 0 Å². The molecule has 0 heterocycles. The van der Waals surface area contributed by atoms with Crippen LogP contribution in [-0.2, 0) is 4.79 Å². The second-order valence-corrected chi connectivity index (χ2v) is 4.91. The second kappa shape index (κ2) is 8.25. The van der Waals surface area contributed by atoms with E-state index in [-0.39, 0.29) is 24.4 Å². The van der Waals surface area contributed by atoms with Gasteiger partial charge in [0.05, 0.1) is 6.54 Å². The summed E-state index contributed by atoms with van der Waals surface area (Å²) in [6, 6.07) is 0.278. The minimum absolute atomic E-state index is 0. The largest absolute Gasteiger partial charge is 0.352 e. The molecule has 1 saturated carbocycles. The summed E-state index contributed by atoms with van der Waals surface area (Å²) < 4.78 is 0. The fraction of sp³-hybridized carbons (Fsp3) is 0.900. The lowest BCUT2D eigenvalue weighted by Gasteiger charge is -2.12. The van der Waals surface area contributed by atoms with Gasteiger partial charge < -0.3 is 10.6 Å². The molecule has 0 spiro atoms.